The maximum absolute atomic E-state index is 8.91. The number of aryl methyl sites for hydroxylation is 3. The van der Waals surface area contributed by atoms with Gasteiger partial charge in [0.05, 0.1) is 5.56 Å². The molecular weight excluding hydrogens is 414 g/mol. The molecule has 0 saturated heterocycles. The van der Waals surface area contributed by atoms with E-state index >= 15 is 0 Å². The number of fused-ring (bicyclic) bond motifs is 7. The van der Waals surface area contributed by atoms with Crippen molar-refractivity contribution in [3.05, 3.63) is 88.6 Å². The first kappa shape index (κ1) is 11.4. The summed E-state index contributed by atoms with van der Waals surface area (Å²) in [5.74, 6) is -3.28. The van der Waals surface area contributed by atoms with Gasteiger partial charge in [-0.1, -0.05) is 69.9 Å². The Balaban J connectivity index is 1.74. The minimum Gasteiger partial charge on any atom is -0.455 e. The molecule has 6 rings (SSSR count). The molecule has 1 unspecified atom stereocenters. The zero-order valence-corrected chi connectivity index (χ0v) is 19.1. The van der Waals surface area contributed by atoms with Crippen molar-refractivity contribution in [2.24, 2.45) is 7.05 Å². The minimum atomic E-state index is -3.43. The predicted molar refractivity (Wildman–Crippen MR) is 141 cm³/mol. The molecular formula is C32H32NO+. The molecule has 0 amide bonds. The molecule has 2 nitrogen and oxygen atoms in total. The Hall–Kier alpha value is -3.39. The van der Waals surface area contributed by atoms with Crippen molar-refractivity contribution in [2.75, 3.05) is 0 Å². The van der Waals surface area contributed by atoms with E-state index in [0.29, 0.717) is 44.2 Å². The van der Waals surface area contributed by atoms with Crippen LogP contribution in [0.3, 0.4) is 0 Å². The molecule has 0 bridgehead atoms. The Morgan fingerprint density at radius 3 is 2.56 bits per heavy atom. The van der Waals surface area contributed by atoms with Gasteiger partial charge in [0, 0.05) is 51.2 Å². The SMILES string of the molecule is [2H]C([2H])([2H])c1c[n+](C)c(-c2c(C)ccc3c2oc2c4c(ccc23)-c2ccccc2C4(C)C([2H])([2H])[2H])cc1C([2H])(C([2H])([2H])[2H])C([2H])([2H])[2H]. The van der Waals surface area contributed by atoms with E-state index in [2.05, 4.69) is 0 Å². The van der Waals surface area contributed by atoms with E-state index in [-0.39, 0.29) is 5.69 Å². The normalized spacial score (nSPS) is 24.5. The van der Waals surface area contributed by atoms with E-state index < -0.39 is 49.8 Å². The molecule has 1 aliphatic carbocycles. The van der Waals surface area contributed by atoms with Gasteiger partial charge in [-0.25, -0.2) is 4.57 Å². The molecule has 0 spiro atoms. The highest BCUT2D eigenvalue weighted by atomic mass is 16.3. The molecule has 0 N–H and O–H groups in total. The highest BCUT2D eigenvalue weighted by molar-refractivity contribution is 6.12. The van der Waals surface area contributed by atoms with Crippen LogP contribution in [0.15, 0.2) is 65.2 Å². The maximum Gasteiger partial charge on any atom is 0.216 e. The molecule has 0 saturated carbocycles. The van der Waals surface area contributed by atoms with Crippen LogP contribution in [0, 0.1) is 13.8 Å². The number of hydrogen-bond acceptors (Lipinski definition) is 1. The van der Waals surface area contributed by atoms with Gasteiger partial charge >= 0.3 is 0 Å². The molecule has 2 heteroatoms. The van der Waals surface area contributed by atoms with Crippen molar-refractivity contribution in [1.29, 1.82) is 0 Å². The number of rotatable bonds is 2. The molecule has 0 radical (unpaired) electrons. The number of nitrogens with zero attached hydrogens (tertiary/aromatic N) is 1. The summed E-state index contributed by atoms with van der Waals surface area (Å²) in [6.07, 6.45) is 1.15. The third-order valence-corrected chi connectivity index (χ3v) is 7.07. The second-order valence-corrected chi connectivity index (χ2v) is 9.24. The largest absolute Gasteiger partial charge is 0.455 e. The Morgan fingerprint density at radius 2 is 1.76 bits per heavy atom. The Kier molecular flexibility index (Phi) is 2.36. The van der Waals surface area contributed by atoms with E-state index in [1.165, 1.54) is 4.57 Å². The lowest BCUT2D eigenvalue weighted by Gasteiger charge is -2.21. The van der Waals surface area contributed by atoms with Crippen LogP contribution in [0.5, 0.6) is 0 Å². The average molecular weight is 460 g/mol. The van der Waals surface area contributed by atoms with Gasteiger partial charge in [0.25, 0.3) is 0 Å². The molecule has 2 aromatic heterocycles. The van der Waals surface area contributed by atoms with Crippen molar-refractivity contribution in [1.82, 2.24) is 0 Å². The lowest BCUT2D eigenvalue weighted by Crippen LogP contribution is -2.32. The summed E-state index contributed by atoms with van der Waals surface area (Å²) in [6.45, 7) is -8.79. The highest BCUT2D eigenvalue weighted by Crippen LogP contribution is 2.53. The van der Waals surface area contributed by atoms with Crippen LogP contribution in [-0.4, -0.2) is 0 Å². The summed E-state index contributed by atoms with van der Waals surface area (Å²) < 4.78 is 116. The average Bonchev–Trinajstić information content (AvgIpc) is 3.44. The van der Waals surface area contributed by atoms with Crippen LogP contribution in [0.2, 0.25) is 0 Å². The van der Waals surface area contributed by atoms with Gasteiger partial charge in [0.1, 0.15) is 18.2 Å². The molecule has 0 fully saturated rings. The standard InChI is InChI=1S/C32H32NO/c1-18(2)25-16-27(33(7)17-20(25)4)28-19(3)12-13-23-24-15-14-22-21-10-8-9-11-26(21)32(5,6)29(22)31(24)34-30(23)28/h8-18H,1-7H3/q+1/i1D3,2D3,4D3,5D3,18D. The summed E-state index contributed by atoms with van der Waals surface area (Å²) in [4.78, 5) is 0. The van der Waals surface area contributed by atoms with Crippen LogP contribution in [0.1, 0.15) is 79.0 Å². The molecule has 1 atom stereocenters. The first-order chi connectivity index (χ1) is 21.5. The van der Waals surface area contributed by atoms with Gasteiger partial charge in [0.2, 0.25) is 5.69 Å². The van der Waals surface area contributed by atoms with Crippen molar-refractivity contribution >= 4 is 21.9 Å². The molecule has 5 aromatic rings. The zero-order chi connectivity index (χ0) is 34.9. The summed E-state index contributed by atoms with van der Waals surface area (Å²) >= 11 is 0. The summed E-state index contributed by atoms with van der Waals surface area (Å²) in [5.41, 5.74) is 1.99. The molecule has 1 aliphatic rings. The summed E-state index contributed by atoms with van der Waals surface area (Å²) in [5, 5.41) is 1.27. The van der Waals surface area contributed by atoms with Gasteiger partial charge < -0.3 is 4.42 Å². The van der Waals surface area contributed by atoms with E-state index in [9.17, 15) is 0 Å². The van der Waals surface area contributed by atoms with Gasteiger partial charge in [-0.2, -0.15) is 0 Å². The Bertz CT molecular complexity index is 2080. The fourth-order valence-corrected chi connectivity index (χ4v) is 5.43. The Morgan fingerprint density at radius 1 is 0.971 bits per heavy atom. The molecule has 0 aliphatic heterocycles. The number of furan rings is 1. The van der Waals surface area contributed by atoms with Crippen molar-refractivity contribution in [3.63, 3.8) is 0 Å². The fraction of sp³-hybridized carbons (Fsp3) is 0.281. The molecule has 34 heavy (non-hydrogen) atoms. The summed E-state index contributed by atoms with van der Waals surface area (Å²) in [6, 6.07) is 15.9. The van der Waals surface area contributed by atoms with Gasteiger partial charge in [-0.15, -0.1) is 0 Å². The Labute approximate surface area is 220 Å². The first-order valence-electron chi connectivity index (χ1n) is 17.6. The van der Waals surface area contributed by atoms with Crippen molar-refractivity contribution in [2.45, 2.75) is 52.6 Å². The van der Waals surface area contributed by atoms with Crippen LogP contribution < -0.4 is 4.57 Å². The van der Waals surface area contributed by atoms with E-state index in [1.54, 1.807) is 33.0 Å². The monoisotopic (exact) mass is 459 g/mol. The fourth-order valence-electron chi connectivity index (χ4n) is 5.43. The minimum absolute atomic E-state index is 0.221. The third-order valence-electron chi connectivity index (χ3n) is 7.07. The van der Waals surface area contributed by atoms with E-state index in [0.717, 1.165) is 23.4 Å². The van der Waals surface area contributed by atoms with Crippen molar-refractivity contribution < 1.29 is 26.8 Å². The van der Waals surface area contributed by atoms with Crippen LogP contribution in [-0.2, 0) is 12.5 Å². The lowest BCUT2D eigenvalue weighted by molar-refractivity contribution is -0.660. The second-order valence-electron chi connectivity index (χ2n) is 9.24. The number of pyridine rings is 1. The van der Waals surface area contributed by atoms with Gasteiger partial charge in [-0.05, 0) is 53.6 Å². The first-order valence-corrected chi connectivity index (χ1v) is 11.1. The highest BCUT2D eigenvalue weighted by Gasteiger charge is 2.38. The maximum atomic E-state index is 8.91. The van der Waals surface area contributed by atoms with Gasteiger partial charge in [0.15, 0.2) is 6.20 Å². The second kappa shape index (κ2) is 7.06. The van der Waals surface area contributed by atoms with Crippen LogP contribution in [0.4, 0.5) is 0 Å². The third kappa shape index (κ3) is 2.72. The topological polar surface area (TPSA) is 17.0 Å². The van der Waals surface area contributed by atoms with E-state index in [4.69, 9.17) is 22.2 Å². The quantitative estimate of drug-likeness (QED) is 0.244. The predicted octanol–water partition coefficient (Wildman–Crippen LogP) is 8.12. The number of hydrogen-bond donors (Lipinski definition) is 0. The smallest absolute Gasteiger partial charge is 0.216 e. The zero-order valence-electron chi connectivity index (χ0n) is 32.1. The number of aromatic nitrogens is 1. The molecule has 3 aromatic carbocycles. The lowest BCUT2D eigenvalue weighted by atomic mass is 9.82. The molecule has 2 heterocycles. The van der Waals surface area contributed by atoms with E-state index in [1.807, 2.05) is 36.4 Å². The van der Waals surface area contributed by atoms with Gasteiger partial charge in [-0.3, -0.25) is 0 Å². The summed E-state index contributed by atoms with van der Waals surface area (Å²) in [7, 11) is 1.55. The van der Waals surface area contributed by atoms with Crippen LogP contribution >= 0.6 is 0 Å². The molecule has 170 valence electrons. The number of benzene rings is 3. The van der Waals surface area contributed by atoms with Crippen LogP contribution in [0.25, 0.3) is 44.3 Å². The van der Waals surface area contributed by atoms with Crippen molar-refractivity contribution in [3.8, 4) is 22.4 Å².